The molecule has 1 unspecified atom stereocenters. The smallest absolute Gasteiger partial charge is 0.327 e. The van der Waals surface area contributed by atoms with E-state index in [9.17, 15) is 9.59 Å². The summed E-state index contributed by atoms with van der Waals surface area (Å²) < 4.78 is 5.04. The van der Waals surface area contributed by atoms with E-state index in [1.54, 1.807) is 7.11 Å². The number of hydrogen-bond donors (Lipinski definition) is 3. The van der Waals surface area contributed by atoms with Crippen LogP contribution in [0.25, 0.3) is 0 Å². The minimum Gasteiger partial charge on any atom is -0.497 e. The largest absolute Gasteiger partial charge is 0.497 e. The van der Waals surface area contributed by atoms with Gasteiger partial charge in [0.25, 0.3) is 0 Å². The lowest BCUT2D eigenvalue weighted by Crippen LogP contribution is -2.46. The summed E-state index contributed by atoms with van der Waals surface area (Å²) in [5.41, 5.74) is 1.01. The molecule has 1 aromatic carbocycles. The Balaban J connectivity index is 2.42. The Labute approximate surface area is 111 Å². The summed E-state index contributed by atoms with van der Waals surface area (Å²) in [6, 6.07) is 6.52. The number of ether oxygens (including phenoxy) is 1. The van der Waals surface area contributed by atoms with Gasteiger partial charge in [-0.2, -0.15) is 0 Å². The van der Waals surface area contributed by atoms with Gasteiger partial charge in [-0.3, -0.25) is 4.79 Å². The third-order valence-corrected chi connectivity index (χ3v) is 2.51. The summed E-state index contributed by atoms with van der Waals surface area (Å²) in [6.07, 6.45) is 0. The van der Waals surface area contributed by atoms with Crippen molar-refractivity contribution in [2.45, 2.75) is 19.5 Å². The van der Waals surface area contributed by atoms with Crippen molar-refractivity contribution in [2.75, 3.05) is 13.7 Å². The Morgan fingerprint density at radius 2 is 1.95 bits per heavy atom. The molecule has 0 aliphatic carbocycles. The second-order valence-electron chi connectivity index (χ2n) is 4.07. The summed E-state index contributed by atoms with van der Waals surface area (Å²) in [4.78, 5) is 21.7. The molecule has 0 heterocycles. The van der Waals surface area contributed by atoms with Gasteiger partial charge >= 0.3 is 5.97 Å². The zero-order chi connectivity index (χ0) is 14.3. The van der Waals surface area contributed by atoms with Crippen molar-refractivity contribution in [3.63, 3.8) is 0 Å². The second kappa shape index (κ2) is 7.38. The maximum Gasteiger partial charge on any atom is 0.327 e. The summed E-state index contributed by atoms with van der Waals surface area (Å²) >= 11 is 0. The van der Waals surface area contributed by atoms with Crippen molar-refractivity contribution in [2.24, 2.45) is 0 Å². The van der Waals surface area contributed by atoms with Gasteiger partial charge in [0.1, 0.15) is 11.8 Å². The highest BCUT2D eigenvalue weighted by Gasteiger charge is 2.17. The van der Waals surface area contributed by atoms with Crippen LogP contribution < -0.4 is 15.4 Å². The van der Waals surface area contributed by atoms with E-state index in [2.05, 4.69) is 10.6 Å². The third-order valence-electron chi connectivity index (χ3n) is 2.51. The first kappa shape index (κ1) is 15.0. The predicted molar refractivity (Wildman–Crippen MR) is 69.9 cm³/mol. The van der Waals surface area contributed by atoms with E-state index in [0.717, 1.165) is 11.3 Å². The minimum atomic E-state index is -1.06. The predicted octanol–water partition coefficient (Wildman–Crippen LogP) is 0.374. The van der Waals surface area contributed by atoms with E-state index in [1.807, 2.05) is 24.3 Å². The molecule has 0 fully saturated rings. The van der Waals surface area contributed by atoms with Gasteiger partial charge in [0.2, 0.25) is 5.91 Å². The average molecular weight is 266 g/mol. The maximum absolute atomic E-state index is 10.9. The van der Waals surface area contributed by atoms with Gasteiger partial charge in [0.15, 0.2) is 0 Å². The Morgan fingerprint density at radius 1 is 1.32 bits per heavy atom. The first-order chi connectivity index (χ1) is 9.02. The summed E-state index contributed by atoms with van der Waals surface area (Å²) in [7, 11) is 1.60. The molecule has 0 saturated carbocycles. The van der Waals surface area contributed by atoms with Crippen LogP contribution in [0.15, 0.2) is 24.3 Å². The summed E-state index contributed by atoms with van der Waals surface area (Å²) in [5, 5.41) is 14.3. The Morgan fingerprint density at radius 3 is 2.42 bits per heavy atom. The number of methoxy groups -OCH3 is 1. The highest BCUT2D eigenvalue weighted by Crippen LogP contribution is 2.10. The molecule has 6 heteroatoms. The molecular weight excluding hydrogens is 248 g/mol. The molecule has 3 N–H and O–H groups in total. The van der Waals surface area contributed by atoms with E-state index in [-0.39, 0.29) is 12.5 Å². The fraction of sp³-hybridized carbons (Fsp3) is 0.385. The van der Waals surface area contributed by atoms with Gasteiger partial charge in [-0.1, -0.05) is 12.1 Å². The van der Waals surface area contributed by atoms with Gasteiger partial charge in [-0.05, 0) is 17.7 Å². The van der Waals surface area contributed by atoms with Crippen molar-refractivity contribution in [3.8, 4) is 5.75 Å². The number of carboxylic acids is 1. The Hall–Kier alpha value is -2.08. The molecule has 19 heavy (non-hydrogen) atoms. The average Bonchev–Trinajstić information content (AvgIpc) is 2.37. The van der Waals surface area contributed by atoms with Crippen LogP contribution >= 0.6 is 0 Å². The second-order valence-corrected chi connectivity index (χ2v) is 4.07. The lowest BCUT2D eigenvalue weighted by molar-refractivity contribution is -0.141. The first-order valence-electron chi connectivity index (χ1n) is 5.86. The number of amides is 1. The van der Waals surface area contributed by atoms with Crippen molar-refractivity contribution >= 4 is 11.9 Å². The third kappa shape index (κ3) is 5.39. The molecule has 0 saturated heterocycles. The van der Waals surface area contributed by atoms with Gasteiger partial charge in [0.05, 0.1) is 7.11 Å². The zero-order valence-electron chi connectivity index (χ0n) is 11.0. The molecule has 0 spiro atoms. The van der Waals surface area contributed by atoms with E-state index in [1.165, 1.54) is 6.92 Å². The fourth-order valence-electron chi connectivity index (χ4n) is 1.55. The van der Waals surface area contributed by atoms with Gasteiger partial charge in [-0.25, -0.2) is 4.79 Å². The quantitative estimate of drug-likeness (QED) is 0.664. The van der Waals surface area contributed by atoms with Crippen LogP contribution in [0.4, 0.5) is 0 Å². The highest BCUT2D eigenvalue weighted by molar-refractivity contribution is 5.82. The fourth-order valence-corrected chi connectivity index (χ4v) is 1.55. The van der Waals surface area contributed by atoms with Crippen molar-refractivity contribution in [1.29, 1.82) is 0 Å². The molecule has 1 rings (SSSR count). The molecule has 1 atom stereocenters. The number of rotatable bonds is 7. The summed E-state index contributed by atoms with van der Waals surface area (Å²) in [6.45, 7) is 1.98. The number of carbonyl (C=O) groups excluding carboxylic acids is 1. The van der Waals surface area contributed by atoms with E-state index in [0.29, 0.717) is 6.54 Å². The van der Waals surface area contributed by atoms with Gasteiger partial charge in [-0.15, -0.1) is 0 Å². The van der Waals surface area contributed by atoms with Crippen LogP contribution in [0.2, 0.25) is 0 Å². The van der Waals surface area contributed by atoms with Crippen LogP contribution in [-0.2, 0) is 16.1 Å². The van der Waals surface area contributed by atoms with Crippen molar-refractivity contribution < 1.29 is 19.4 Å². The van der Waals surface area contributed by atoms with Crippen molar-refractivity contribution in [3.05, 3.63) is 29.8 Å². The molecule has 6 nitrogen and oxygen atoms in total. The van der Waals surface area contributed by atoms with E-state index >= 15 is 0 Å². The van der Waals surface area contributed by atoms with Crippen LogP contribution in [0, 0.1) is 0 Å². The normalized spacial score (nSPS) is 11.7. The maximum atomic E-state index is 10.9. The highest BCUT2D eigenvalue weighted by atomic mass is 16.5. The topological polar surface area (TPSA) is 87.7 Å². The van der Waals surface area contributed by atoms with E-state index < -0.39 is 12.0 Å². The molecular formula is C13H18N2O4. The molecule has 104 valence electrons. The number of carboxylic acid groups (broad SMARTS) is 1. The zero-order valence-corrected chi connectivity index (χ0v) is 11.0. The lowest BCUT2D eigenvalue weighted by atomic mass is 10.2. The first-order valence-corrected chi connectivity index (χ1v) is 5.86. The molecule has 0 aliphatic rings. The van der Waals surface area contributed by atoms with Gasteiger partial charge in [0, 0.05) is 20.0 Å². The number of hydrogen-bond acceptors (Lipinski definition) is 4. The van der Waals surface area contributed by atoms with Crippen LogP contribution in [0.5, 0.6) is 5.75 Å². The van der Waals surface area contributed by atoms with Crippen LogP contribution in [-0.4, -0.2) is 36.7 Å². The van der Waals surface area contributed by atoms with Crippen LogP contribution in [0.1, 0.15) is 12.5 Å². The Bertz CT molecular complexity index is 431. The minimum absolute atomic E-state index is 0.168. The molecule has 0 aromatic heterocycles. The molecule has 0 bridgehead atoms. The summed E-state index contributed by atoms with van der Waals surface area (Å²) in [5.74, 6) is -0.651. The van der Waals surface area contributed by atoms with Crippen LogP contribution in [0.3, 0.4) is 0 Å². The van der Waals surface area contributed by atoms with Crippen molar-refractivity contribution in [1.82, 2.24) is 10.6 Å². The monoisotopic (exact) mass is 266 g/mol. The van der Waals surface area contributed by atoms with E-state index in [4.69, 9.17) is 9.84 Å². The number of nitrogens with one attached hydrogen (secondary N) is 2. The number of benzene rings is 1. The standard InChI is InChI=1S/C13H18N2O4/c1-9(16)15-12(13(17)18)8-14-7-10-3-5-11(19-2)6-4-10/h3-6,12,14H,7-8H2,1-2H3,(H,15,16)(H,17,18). The Kier molecular flexibility index (Phi) is 5.81. The number of aliphatic carboxylic acids is 1. The van der Waals surface area contributed by atoms with Gasteiger partial charge < -0.3 is 20.5 Å². The number of carbonyl (C=O) groups is 2. The SMILES string of the molecule is COc1ccc(CNCC(NC(C)=O)C(=O)O)cc1. The molecule has 1 aromatic rings. The molecule has 1 amide bonds. The molecule has 0 aliphatic heterocycles. The lowest BCUT2D eigenvalue weighted by Gasteiger charge is -2.14. The molecule has 0 radical (unpaired) electrons.